The second kappa shape index (κ2) is 6.65. The lowest BCUT2D eigenvalue weighted by atomic mass is 10.2. The largest absolute Gasteiger partial charge is 0.462 e. The molecule has 0 rings (SSSR count). The lowest BCUT2D eigenvalue weighted by Gasteiger charge is -2.02. The third kappa shape index (κ3) is 5.71. The van der Waals surface area contributed by atoms with Crippen molar-refractivity contribution in [3.05, 3.63) is 24.8 Å². The lowest BCUT2D eigenvalue weighted by molar-refractivity contribution is -0.139. The second-order valence-electron chi connectivity index (χ2n) is 2.70. The van der Waals surface area contributed by atoms with Gasteiger partial charge >= 0.3 is 5.97 Å². The van der Waals surface area contributed by atoms with Crippen molar-refractivity contribution in [3.8, 4) is 0 Å². The van der Waals surface area contributed by atoms with E-state index in [-0.39, 0.29) is 5.97 Å². The van der Waals surface area contributed by atoms with Crippen LogP contribution in [0.3, 0.4) is 0 Å². The van der Waals surface area contributed by atoms with Crippen molar-refractivity contribution in [1.82, 2.24) is 0 Å². The normalized spacial score (nSPS) is 9.08. The molecule has 0 aliphatic carbocycles. The fourth-order valence-electron chi connectivity index (χ4n) is 0.679. The second-order valence-corrected chi connectivity index (χ2v) is 2.70. The molecule has 0 aromatic rings. The van der Waals surface area contributed by atoms with E-state index >= 15 is 0 Å². The standard InChI is InChI=1S/C10H16O2/c1-4-5-6-7-8-12-10(11)9(2)3/h4H,1-2,5-8H2,3H3. The predicted molar refractivity (Wildman–Crippen MR) is 49.8 cm³/mol. The van der Waals surface area contributed by atoms with Crippen LogP contribution in [0.2, 0.25) is 0 Å². The topological polar surface area (TPSA) is 26.3 Å². The summed E-state index contributed by atoms with van der Waals surface area (Å²) in [7, 11) is 0. The van der Waals surface area contributed by atoms with Crippen molar-refractivity contribution in [2.45, 2.75) is 26.2 Å². The molecule has 0 fully saturated rings. The van der Waals surface area contributed by atoms with Crippen LogP contribution in [-0.4, -0.2) is 12.6 Å². The molecule has 0 aromatic heterocycles. The lowest BCUT2D eigenvalue weighted by Crippen LogP contribution is -2.05. The van der Waals surface area contributed by atoms with Crippen LogP contribution in [0.4, 0.5) is 0 Å². The van der Waals surface area contributed by atoms with Crippen LogP contribution in [0, 0.1) is 0 Å². The van der Waals surface area contributed by atoms with Crippen molar-refractivity contribution >= 4 is 5.97 Å². The van der Waals surface area contributed by atoms with Crippen LogP contribution in [0.15, 0.2) is 24.8 Å². The highest BCUT2D eigenvalue weighted by Crippen LogP contribution is 1.98. The van der Waals surface area contributed by atoms with Gasteiger partial charge in [0.05, 0.1) is 6.61 Å². The summed E-state index contributed by atoms with van der Waals surface area (Å²) in [6.07, 6.45) is 4.75. The van der Waals surface area contributed by atoms with E-state index in [2.05, 4.69) is 13.2 Å². The predicted octanol–water partition coefficient (Wildman–Crippen LogP) is 2.46. The van der Waals surface area contributed by atoms with Crippen LogP contribution in [0.25, 0.3) is 0 Å². The maximum atomic E-state index is 10.8. The Morgan fingerprint density at radius 3 is 2.67 bits per heavy atom. The summed E-state index contributed by atoms with van der Waals surface area (Å²) in [6, 6.07) is 0. The van der Waals surface area contributed by atoms with Gasteiger partial charge in [0.15, 0.2) is 0 Å². The average Bonchev–Trinajstić information content (AvgIpc) is 2.03. The first-order valence-electron chi connectivity index (χ1n) is 4.12. The number of carbonyl (C=O) groups is 1. The molecular formula is C10H16O2. The van der Waals surface area contributed by atoms with Gasteiger partial charge in [0.25, 0.3) is 0 Å². The van der Waals surface area contributed by atoms with Crippen LogP contribution in [0.1, 0.15) is 26.2 Å². The fourth-order valence-corrected chi connectivity index (χ4v) is 0.679. The van der Waals surface area contributed by atoms with Crippen LogP contribution in [-0.2, 0) is 9.53 Å². The van der Waals surface area contributed by atoms with Gasteiger partial charge in [0.1, 0.15) is 0 Å². The molecule has 0 aliphatic rings. The molecule has 0 aliphatic heterocycles. The zero-order chi connectivity index (χ0) is 9.40. The minimum Gasteiger partial charge on any atom is -0.462 e. The summed E-state index contributed by atoms with van der Waals surface area (Å²) in [5.41, 5.74) is 0.457. The summed E-state index contributed by atoms with van der Waals surface area (Å²) >= 11 is 0. The molecule has 0 bridgehead atoms. The third-order valence-corrected chi connectivity index (χ3v) is 1.38. The summed E-state index contributed by atoms with van der Waals surface area (Å²) in [5.74, 6) is -0.298. The Hall–Kier alpha value is -1.05. The van der Waals surface area contributed by atoms with Gasteiger partial charge in [-0.15, -0.1) is 6.58 Å². The van der Waals surface area contributed by atoms with Crippen LogP contribution < -0.4 is 0 Å². The molecule has 0 aromatic carbocycles. The van der Waals surface area contributed by atoms with E-state index in [1.54, 1.807) is 6.92 Å². The molecule has 0 saturated carbocycles. The van der Waals surface area contributed by atoms with Crippen LogP contribution in [0.5, 0.6) is 0 Å². The quantitative estimate of drug-likeness (QED) is 0.263. The summed E-state index contributed by atoms with van der Waals surface area (Å²) in [6.45, 7) is 9.21. The number of hydrogen-bond acceptors (Lipinski definition) is 2. The van der Waals surface area contributed by atoms with E-state index in [1.165, 1.54) is 0 Å². The molecular weight excluding hydrogens is 152 g/mol. The zero-order valence-corrected chi connectivity index (χ0v) is 7.64. The van der Waals surface area contributed by atoms with Crippen LogP contribution >= 0.6 is 0 Å². The van der Waals surface area contributed by atoms with Gasteiger partial charge in [0.2, 0.25) is 0 Å². The fraction of sp³-hybridized carbons (Fsp3) is 0.500. The van der Waals surface area contributed by atoms with Crippen molar-refractivity contribution in [1.29, 1.82) is 0 Å². The highest BCUT2D eigenvalue weighted by molar-refractivity contribution is 5.86. The smallest absolute Gasteiger partial charge is 0.333 e. The molecule has 0 spiro atoms. The highest BCUT2D eigenvalue weighted by Gasteiger charge is 2.00. The van der Waals surface area contributed by atoms with Gasteiger partial charge in [-0.05, 0) is 26.2 Å². The first-order valence-corrected chi connectivity index (χ1v) is 4.12. The number of allylic oxidation sites excluding steroid dienone is 1. The molecule has 0 amide bonds. The number of hydrogen-bond donors (Lipinski definition) is 0. The highest BCUT2D eigenvalue weighted by atomic mass is 16.5. The minimum absolute atomic E-state index is 0.298. The van der Waals surface area contributed by atoms with E-state index in [0.717, 1.165) is 19.3 Å². The van der Waals surface area contributed by atoms with Crippen molar-refractivity contribution < 1.29 is 9.53 Å². The maximum Gasteiger partial charge on any atom is 0.333 e. The summed E-state index contributed by atoms with van der Waals surface area (Å²) < 4.78 is 4.88. The number of ether oxygens (including phenoxy) is 1. The van der Waals surface area contributed by atoms with Crippen molar-refractivity contribution in [3.63, 3.8) is 0 Å². The first kappa shape index (κ1) is 11.0. The molecule has 0 saturated heterocycles. The monoisotopic (exact) mass is 168 g/mol. The Kier molecular flexibility index (Phi) is 6.07. The van der Waals surface area contributed by atoms with Gasteiger partial charge in [-0.25, -0.2) is 4.79 Å². The molecule has 2 nitrogen and oxygen atoms in total. The molecule has 0 atom stereocenters. The molecule has 12 heavy (non-hydrogen) atoms. The van der Waals surface area contributed by atoms with Gasteiger partial charge in [-0.3, -0.25) is 0 Å². The molecule has 0 N–H and O–H groups in total. The number of esters is 1. The molecule has 68 valence electrons. The minimum atomic E-state index is -0.298. The first-order chi connectivity index (χ1) is 5.68. The van der Waals surface area contributed by atoms with E-state index in [4.69, 9.17) is 4.74 Å². The summed E-state index contributed by atoms with van der Waals surface area (Å²) in [4.78, 5) is 10.8. The number of unbranched alkanes of at least 4 members (excludes halogenated alkanes) is 2. The van der Waals surface area contributed by atoms with E-state index in [0.29, 0.717) is 12.2 Å². The third-order valence-electron chi connectivity index (χ3n) is 1.38. The van der Waals surface area contributed by atoms with E-state index in [9.17, 15) is 4.79 Å². The Morgan fingerprint density at radius 1 is 1.50 bits per heavy atom. The van der Waals surface area contributed by atoms with Gasteiger partial charge in [0, 0.05) is 5.57 Å². The Labute approximate surface area is 73.9 Å². The Morgan fingerprint density at radius 2 is 2.17 bits per heavy atom. The molecule has 0 unspecified atom stereocenters. The number of rotatable bonds is 6. The number of carbonyl (C=O) groups excluding carboxylic acids is 1. The summed E-state index contributed by atoms with van der Waals surface area (Å²) in [5, 5.41) is 0. The van der Waals surface area contributed by atoms with Crippen molar-refractivity contribution in [2.75, 3.05) is 6.61 Å². The van der Waals surface area contributed by atoms with Crippen molar-refractivity contribution in [2.24, 2.45) is 0 Å². The van der Waals surface area contributed by atoms with Gasteiger partial charge < -0.3 is 4.74 Å². The Bertz CT molecular complexity index is 171. The van der Waals surface area contributed by atoms with E-state index < -0.39 is 0 Å². The average molecular weight is 168 g/mol. The van der Waals surface area contributed by atoms with E-state index in [1.807, 2.05) is 6.08 Å². The maximum absolute atomic E-state index is 10.8. The molecule has 0 heterocycles. The molecule has 0 radical (unpaired) electrons. The Balaban J connectivity index is 3.25. The van der Waals surface area contributed by atoms with Gasteiger partial charge in [-0.2, -0.15) is 0 Å². The SMILES string of the molecule is C=CCCCCOC(=O)C(=C)C. The zero-order valence-electron chi connectivity index (χ0n) is 7.64. The molecule has 2 heteroatoms. The van der Waals surface area contributed by atoms with Gasteiger partial charge in [-0.1, -0.05) is 12.7 Å².